The molecule has 0 fully saturated rings. The van der Waals surface area contributed by atoms with E-state index in [0.29, 0.717) is 5.75 Å². The average Bonchev–Trinajstić information content (AvgIpc) is 2.65. The van der Waals surface area contributed by atoms with Crippen LogP contribution in [0.25, 0.3) is 0 Å². The fourth-order valence-electron chi connectivity index (χ4n) is 2.58. The number of sulfonamides is 1. The van der Waals surface area contributed by atoms with Gasteiger partial charge in [-0.05, 0) is 57.5 Å². The van der Waals surface area contributed by atoms with Crippen LogP contribution in [0.1, 0.15) is 33.3 Å². The molecule has 0 amide bonds. The van der Waals surface area contributed by atoms with Crippen LogP contribution in [0, 0.1) is 0 Å². The predicted octanol–water partition coefficient (Wildman–Crippen LogP) is 3.62. The molecule has 6 nitrogen and oxygen atoms in total. The summed E-state index contributed by atoms with van der Waals surface area (Å²) in [6.07, 6.45) is 0. The lowest BCUT2D eigenvalue weighted by Crippen LogP contribution is -2.45. The third-order valence-corrected chi connectivity index (χ3v) is 5.96. The van der Waals surface area contributed by atoms with Crippen molar-refractivity contribution in [3.8, 4) is 5.75 Å². The third-order valence-electron chi connectivity index (χ3n) is 4.03. The van der Waals surface area contributed by atoms with Crippen molar-refractivity contribution >= 4 is 16.0 Å². The van der Waals surface area contributed by atoms with E-state index >= 15 is 0 Å². The van der Waals surface area contributed by atoms with Crippen molar-refractivity contribution in [1.82, 2.24) is 4.31 Å². The van der Waals surface area contributed by atoms with Crippen LogP contribution in [-0.4, -0.2) is 37.4 Å². The highest BCUT2D eigenvalue weighted by Gasteiger charge is 2.35. The topological polar surface area (TPSA) is 72.9 Å². The summed E-state index contributed by atoms with van der Waals surface area (Å²) in [5, 5.41) is 0. The molecule has 0 aliphatic rings. The number of rotatable bonds is 7. The number of methoxy groups -OCH3 is 1. The Morgan fingerprint density at radius 2 is 1.61 bits per heavy atom. The maximum absolute atomic E-state index is 13.3. The second-order valence-corrected chi connectivity index (χ2v) is 9.31. The first-order valence-corrected chi connectivity index (χ1v) is 10.4. The molecule has 0 aliphatic carbocycles. The van der Waals surface area contributed by atoms with Crippen molar-refractivity contribution in [2.75, 3.05) is 7.11 Å². The van der Waals surface area contributed by atoms with E-state index in [4.69, 9.17) is 9.47 Å². The smallest absolute Gasteiger partial charge is 0.324 e. The van der Waals surface area contributed by atoms with Gasteiger partial charge in [0.2, 0.25) is 10.0 Å². The predicted molar refractivity (Wildman–Crippen MR) is 107 cm³/mol. The second-order valence-electron chi connectivity index (χ2n) is 7.42. The fourth-order valence-corrected chi connectivity index (χ4v) is 4.15. The van der Waals surface area contributed by atoms with Gasteiger partial charge in [0.05, 0.1) is 12.0 Å². The van der Waals surface area contributed by atoms with E-state index in [1.807, 2.05) is 30.3 Å². The number of hydrogen-bond donors (Lipinski definition) is 0. The molecular weight excluding hydrogens is 378 g/mol. The minimum absolute atomic E-state index is 0.0512. The van der Waals surface area contributed by atoms with E-state index in [9.17, 15) is 13.2 Å². The molecule has 2 aromatic rings. The van der Waals surface area contributed by atoms with E-state index in [2.05, 4.69) is 0 Å². The molecule has 0 saturated carbocycles. The lowest BCUT2D eigenvalue weighted by atomic mass is 10.2. The van der Waals surface area contributed by atoms with Gasteiger partial charge in [0.15, 0.2) is 0 Å². The summed E-state index contributed by atoms with van der Waals surface area (Å²) in [5.74, 6) is -0.0470. The first-order valence-electron chi connectivity index (χ1n) is 8.97. The summed E-state index contributed by atoms with van der Waals surface area (Å²) in [6, 6.07) is 14.2. The van der Waals surface area contributed by atoms with Crippen molar-refractivity contribution in [1.29, 1.82) is 0 Å². The summed E-state index contributed by atoms with van der Waals surface area (Å²) in [7, 11) is -2.44. The Morgan fingerprint density at radius 3 is 2.11 bits per heavy atom. The van der Waals surface area contributed by atoms with Crippen LogP contribution in [-0.2, 0) is 26.1 Å². The highest BCUT2D eigenvalue weighted by molar-refractivity contribution is 7.89. The maximum Gasteiger partial charge on any atom is 0.324 e. The van der Waals surface area contributed by atoms with Crippen LogP contribution >= 0.6 is 0 Å². The van der Waals surface area contributed by atoms with Crippen LogP contribution in [0.3, 0.4) is 0 Å². The molecule has 28 heavy (non-hydrogen) atoms. The molecule has 152 valence electrons. The molecule has 0 unspecified atom stereocenters. The van der Waals surface area contributed by atoms with Gasteiger partial charge in [0.1, 0.15) is 17.4 Å². The van der Waals surface area contributed by atoms with Crippen molar-refractivity contribution in [3.63, 3.8) is 0 Å². The molecule has 0 N–H and O–H groups in total. The first kappa shape index (κ1) is 21.9. The van der Waals surface area contributed by atoms with Crippen LogP contribution in [0.2, 0.25) is 0 Å². The Morgan fingerprint density at radius 1 is 1.04 bits per heavy atom. The molecular formula is C21H27NO5S. The van der Waals surface area contributed by atoms with Crippen LogP contribution in [0.15, 0.2) is 59.5 Å². The third kappa shape index (κ3) is 5.56. The molecule has 0 radical (unpaired) electrons. The van der Waals surface area contributed by atoms with Crippen molar-refractivity contribution < 1.29 is 22.7 Å². The summed E-state index contributed by atoms with van der Waals surface area (Å²) >= 11 is 0. The lowest BCUT2D eigenvalue weighted by Gasteiger charge is -2.30. The van der Waals surface area contributed by atoms with Crippen LogP contribution < -0.4 is 4.74 Å². The zero-order valence-electron chi connectivity index (χ0n) is 16.9. The summed E-state index contributed by atoms with van der Waals surface area (Å²) < 4.78 is 38.3. The Balaban J connectivity index is 2.42. The Bertz CT molecular complexity index is 887. The minimum Gasteiger partial charge on any atom is -0.497 e. The summed E-state index contributed by atoms with van der Waals surface area (Å²) in [5.41, 5.74) is 0.0585. The van der Waals surface area contributed by atoms with E-state index in [-0.39, 0.29) is 11.4 Å². The normalized spacial score (nSPS) is 13.2. The highest BCUT2D eigenvalue weighted by Crippen LogP contribution is 2.24. The fraction of sp³-hybridized carbons (Fsp3) is 0.381. The van der Waals surface area contributed by atoms with Gasteiger partial charge in [-0.2, -0.15) is 4.31 Å². The van der Waals surface area contributed by atoms with Crippen molar-refractivity contribution in [3.05, 3.63) is 60.2 Å². The number of carbonyl (C=O) groups excluding carboxylic acids is 1. The van der Waals surface area contributed by atoms with Gasteiger partial charge in [0.25, 0.3) is 0 Å². The van der Waals surface area contributed by atoms with Gasteiger partial charge in [0, 0.05) is 6.54 Å². The van der Waals surface area contributed by atoms with Gasteiger partial charge in [-0.25, -0.2) is 8.42 Å². The average molecular weight is 406 g/mol. The van der Waals surface area contributed by atoms with Gasteiger partial charge >= 0.3 is 5.97 Å². The summed E-state index contributed by atoms with van der Waals surface area (Å²) in [4.78, 5) is 12.7. The zero-order chi connectivity index (χ0) is 20.9. The van der Waals surface area contributed by atoms with Crippen molar-refractivity contribution in [2.24, 2.45) is 0 Å². The number of carbonyl (C=O) groups is 1. The molecule has 2 aromatic carbocycles. The summed E-state index contributed by atoms with van der Waals surface area (Å²) in [6.45, 7) is 6.83. The van der Waals surface area contributed by atoms with Gasteiger partial charge in [-0.1, -0.05) is 30.3 Å². The number of benzene rings is 2. The van der Waals surface area contributed by atoms with Crippen LogP contribution in [0.5, 0.6) is 5.75 Å². The number of nitrogens with zero attached hydrogens (tertiary/aromatic N) is 1. The monoisotopic (exact) mass is 405 g/mol. The Hall–Kier alpha value is -2.38. The zero-order valence-corrected chi connectivity index (χ0v) is 17.7. The van der Waals surface area contributed by atoms with E-state index in [0.717, 1.165) is 9.87 Å². The molecule has 0 spiro atoms. The number of ether oxygens (including phenoxy) is 2. The minimum atomic E-state index is -3.95. The molecule has 7 heteroatoms. The molecule has 2 rings (SSSR count). The molecule has 0 bridgehead atoms. The van der Waals surface area contributed by atoms with Crippen molar-refractivity contribution in [2.45, 2.75) is 50.8 Å². The van der Waals surface area contributed by atoms with Crippen LogP contribution in [0.4, 0.5) is 0 Å². The van der Waals surface area contributed by atoms with E-state index in [1.165, 1.54) is 26.2 Å². The quantitative estimate of drug-likeness (QED) is 0.658. The second kappa shape index (κ2) is 8.75. The highest BCUT2D eigenvalue weighted by atomic mass is 32.2. The van der Waals surface area contributed by atoms with Gasteiger partial charge < -0.3 is 9.47 Å². The molecule has 0 aliphatic heterocycles. The molecule has 0 heterocycles. The van der Waals surface area contributed by atoms with E-state index in [1.54, 1.807) is 32.9 Å². The van der Waals surface area contributed by atoms with Gasteiger partial charge in [-0.3, -0.25) is 4.79 Å². The molecule has 0 saturated heterocycles. The Kier molecular flexibility index (Phi) is 6.85. The Labute approximate surface area is 167 Å². The number of hydrogen-bond acceptors (Lipinski definition) is 5. The SMILES string of the molecule is COc1ccc(S(=O)(=O)N(Cc2ccccc2)[C@@H](C)C(=O)OC(C)(C)C)cc1. The molecule has 0 aromatic heterocycles. The number of esters is 1. The largest absolute Gasteiger partial charge is 0.497 e. The standard InChI is InChI=1S/C21H27NO5S/c1-16(20(23)27-21(2,3)4)22(15-17-9-7-6-8-10-17)28(24,25)19-13-11-18(26-5)12-14-19/h6-14,16H,15H2,1-5H3/t16-/m0/s1. The maximum atomic E-state index is 13.3. The lowest BCUT2D eigenvalue weighted by molar-refractivity contribution is -0.159. The van der Waals surface area contributed by atoms with Gasteiger partial charge in [-0.15, -0.1) is 0 Å². The first-order chi connectivity index (χ1) is 13.0. The molecule has 1 atom stereocenters. The van der Waals surface area contributed by atoms with E-state index < -0.39 is 27.6 Å².